The zero-order chi connectivity index (χ0) is 20.2. The van der Waals surface area contributed by atoms with E-state index in [2.05, 4.69) is 31.5 Å². The molecule has 1 aromatic heterocycles. The molecule has 3 N–H and O–H groups in total. The number of halogens is 2. The topological polar surface area (TPSA) is 63.4 Å². The fraction of sp³-hybridized carbons (Fsp3) is 0.476. The highest BCUT2D eigenvalue weighted by molar-refractivity contribution is 5.78. The number of aromatic amines is 1. The van der Waals surface area contributed by atoms with Gasteiger partial charge in [-0.15, -0.1) is 0 Å². The van der Waals surface area contributed by atoms with Crippen LogP contribution in [0.2, 0.25) is 0 Å². The maximum absolute atomic E-state index is 13.9. The molecule has 2 aliphatic rings. The van der Waals surface area contributed by atoms with Crippen LogP contribution in [0.3, 0.4) is 0 Å². The summed E-state index contributed by atoms with van der Waals surface area (Å²) in [4.78, 5) is 19.9. The van der Waals surface area contributed by atoms with Gasteiger partial charge in [0.25, 0.3) is 0 Å². The van der Waals surface area contributed by atoms with Gasteiger partial charge < -0.3 is 20.5 Å². The molecule has 1 amide bonds. The fourth-order valence-electron chi connectivity index (χ4n) is 3.96. The van der Waals surface area contributed by atoms with Crippen molar-refractivity contribution in [3.63, 3.8) is 0 Å². The van der Waals surface area contributed by atoms with Crippen molar-refractivity contribution in [3.05, 3.63) is 42.3 Å². The highest BCUT2D eigenvalue weighted by atomic mass is 19.1. The van der Waals surface area contributed by atoms with Crippen LogP contribution in [0.4, 0.5) is 14.6 Å². The van der Waals surface area contributed by atoms with Gasteiger partial charge in [-0.25, -0.2) is 8.78 Å². The first-order chi connectivity index (χ1) is 14.1. The Morgan fingerprint density at radius 1 is 1.14 bits per heavy atom. The maximum atomic E-state index is 13.9. The Morgan fingerprint density at radius 2 is 1.90 bits per heavy atom. The normalized spacial score (nSPS) is 23.2. The maximum Gasteiger partial charge on any atom is 0.234 e. The quantitative estimate of drug-likeness (QED) is 0.712. The highest BCUT2D eigenvalue weighted by Gasteiger charge is 2.27. The van der Waals surface area contributed by atoms with Gasteiger partial charge >= 0.3 is 0 Å². The Hall–Kier alpha value is -2.45. The number of amides is 1. The number of hydrogen-bond acceptors (Lipinski definition) is 4. The van der Waals surface area contributed by atoms with Crippen LogP contribution in [0.25, 0.3) is 11.1 Å². The van der Waals surface area contributed by atoms with Crippen LogP contribution in [0.1, 0.15) is 6.42 Å². The summed E-state index contributed by atoms with van der Waals surface area (Å²) in [5.74, 6) is 0.668. The molecule has 2 aromatic rings. The lowest BCUT2D eigenvalue weighted by atomic mass is 10.1. The number of piperidine rings is 1. The van der Waals surface area contributed by atoms with Gasteiger partial charge in [-0.05, 0) is 36.7 Å². The Morgan fingerprint density at radius 3 is 2.62 bits per heavy atom. The molecule has 0 saturated carbocycles. The predicted molar refractivity (Wildman–Crippen MR) is 109 cm³/mol. The largest absolute Gasteiger partial charge is 0.356 e. The van der Waals surface area contributed by atoms with Gasteiger partial charge in [0.15, 0.2) is 0 Å². The second-order valence-electron chi connectivity index (χ2n) is 7.73. The molecule has 2 aliphatic heterocycles. The number of rotatable bonds is 5. The first-order valence-corrected chi connectivity index (χ1v) is 10.1. The zero-order valence-electron chi connectivity index (χ0n) is 16.3. The smallest absolute Gasteiger partial charge is 0.234 e. The van der Waals surface area contributed by atoms with E-state index in [4.69, 9.17) is 0 Å². The Bertz CT molecular complexity index is 817. The van der Waals surface area contributed by atoms with Crippen molar-refractivity contribution in [2.75, 3.05) is 50.7 Å². The minimum atomic E-state index is -1.02. The molecular weight excluding hydrogens is 376 g/mol. The first-order valence-electron chi connectivity index (χ1n) is 10.1. The summed E-state index contributed by atoms with van der Waals surface area (Å²) in [6.07, 6.45) is 1.53. The van der Waals surface area contributed by atoms with E-state index in [0.717, 1.165) is 49.7 Å². The summed E-state index contributed by atoms with van der Waals surface area (Å²) in [6, 6.07) is 8.14. The number of benzene rings is 1. The van der Waals surface area contributed by atoms with Gasteiger partial charge in [0.1, 0.15) is 17.8 Å². The SMILES string of the molecule is O=C(CN1CCN(c2cc(-c3ccc(F)cc3)c[nH]2)CC1)N[C@@H]1CCNC[C@H]1F. The zero-order valence-corrected chi connectivity index (χ0v) is 16.3. The van der Waals surface area contributed by atoms with E-state index in [1.54, 1.807) is 12.1 Å². The molecule has 1 aromatic carbocycles. The number of nitrogens with one attached hydrogen (secondary N) is 3. The van der Waals surface area contributed by atoms with Crippen molar-refractivity contribution in [3.8, 4) is 11.1 Å². The van der Waals surface area contributed by atoms with Crippen molar-refractivity contribution in [2.24, 2.45) is 0 Å². The molecule has 156 valence electrons. The van der Waals surface area contributed by atoms with Crippen LogP contribution in [0, 0.1) is 5.82 Å². The Balaban J connectivity index is 1.26. The van der Waals surface area contributed by atoms with Crippen LogP contribution in [-0.2, 0) is 4.79 Å². The molecule has 0 unspecified atom stereocenters. The summed E-state index contributed by atoms with van der Waals surface area (Å²) in [7, 11) is 0. The lowest BCUT2D eigenvalue weighted by Gasteiger charge is -2.35. The number of piperazine rings is 1. The minimum Gasteiger partial charge on any atom is -0.356 e. The first kappa shape index (κ1) is 19.8. The average Bonchev–Trinajstić information content (AvgIpc) is 3.21. The monoisotopic (exact) mass is 403 g/mol. The molecule has 4 rings (SSSR count). The van der Waals surface area contributed by atoms with Crippen molar-refractivity contribution in [1.82, 2.24) is 20.5 Å². The van der Waals surface area contributed by atoms with Crippen LogP contribution in [0.15, 0.2) is 36.5 Å². The second-order valence-corrected chi connectivity index (χ2v) is 7.73. The van der Waals surface area contributed by atoms with Gasteiger partial charge in [-0.1, -0.05) is 12.1 Å². The van der Waals surface area contributed by atoms with Crippen LogP contribution < -0.4 is 15.5 Å². The highest BCUT2D eigenvalue weighted by Crippen LogP contribution is 2.25. The van der Waals surface area contributed by atoms with Gasteiger partial charge in [0.2, 0.25) is 5.91 Å². The Labute approximate surface area is 169 Å². The van der Waals surface area contributed by atoms with Crippen LogP contribution in [-0.4, -0.2) is 73.8 Å². The number of carbonyl (C=O) groups excluding carboxylic acids is 1. The third-order valence-electron chi connectivity index (χ3n) is 5.68. The number of carbonyl (C=O) groups is 1. The summed E-state index contributed by atoms with van der Waals surface area (Å²) in [5, 5.41) is 5.83. The molecule has 3 heterocycles. The van der Waals surface area contributed by atoms with E-state index in [0.29, 0.717) is 19.5 Å². The van der Waals surface area contributed by atoms with Gasteiger partial charge in [-0.3, -0.25) is 9.69 Å². The van der Waals surface area contributed by atoms with Gasteiger partial charge in [-0.2, -0.15) is 0 Å². The molecule has 0 spiro atoms. The number of hydrogen-bond donors (Lipinski definition) is 3. The van der Waals surface area contributed by atoms with E-state index in [-0.39, 0.29) is 17.8 Å². The predicted octanol–water partition coefficient (Wildman–Crippen LogP) is 1.76. The lowest BCUT2D eigenvalue weighted by molar-refractivity contribution is -0.123. The average molecular weight is 403 g/mol. The molecule has 0 aliphatic carbocycles. The molecular formula is C21H27F2N5O. The van der Waals surface area contributed by atoms with E-state index in [1.165, 1.54) is 12.1 Å². The molecule has 2 saturated heterocycles. The summed E-state index contributed by atoms with van der Waals surface area (Å²) >= 11 is 0. The van der Waals surface area contributed by atoms with Gasteiger partial charge in [0.05, 0.1) is 12.6 Å². The van der Waals surface area contributed by atoms with Gasteiger partial charge in [0, 0.05) is 44.5 Å². The van der Waals surface area contributed by atoms with Crippen LogP contribution >= 0.6 is 0 Å². The molecule has 6 nitrogen and oxygen atoms in total. The number of nitrogens with zero attached hydrogens (tertiary/aromatic N) is 2. The third kappa shape index (κ3) is 4.94. The Kier molecular flexibility index (Phi) is 6.10. The summed E-state index contributed by atoms with van der Waals surface area (Å²) in [6.45, 7) is 4.48. The molecule has 29 heavy (non-hydrogen) atoms. The minimum absolute atomic E-state index is 0.105. The number of alkyl halides is 1. The number of anilines is 1. The fourth-order valence-corrected chi connectivity index (χ4v) is 3.96. The van der Waals surface area contributed by atoms with Crippen molar-refractivity contribution in [1.29, 1.82) is 0 Å². The van der Waals surface area contributed by atoms with Crippen molar-refractivity contribution < 1.29 is 13.6 Å². The van der Waals surface area contributed by atoms with E-state index in [9.17, 15) is 13.6 Å². The van der Waals surface area contributed by atoms with Crippen molar-refractivity contribution >= 4 is 11.7 Å². The van der Waals surface area contributed by atoms with E-state index in [1.807, 2.05) is 6.20 Å². The van der Waals surface area contributed by atoms with Crippen molar-refractivity contribution in [2.45, 2.75) is 18.6 Å². The molecule has 0 radical (unpaired) electrons. The lowest BCUT2D eigenvalue weighted by Crippen LogP contribution is -2.54. The van der Waals surface area contributed by atoms with E-state index < -0.39 is 6.17 Å². The standard InChI is InChI=1S/C21H27F2N5O/c22-17-3-1-15(2-4-17)16-11-20(25-12-16)28-9-7-27(8-10-28)14-21(29)26-19-5-6-24-13-18(19)23/h1-4,11-12,18-19,24-25H,5-10,13-14H2,(H,26,29)/t18-,19-/m1/s1. The summed E-state index contributed by atoms with van der Waals surface area (Å²) < 4.78 is 27.0. The number of aromatic nitrogens is 1. The number of H-pyrrole nitrogens is 1. The summed E-state index contributed by atoms with van der Waals surface area (Å²) in [5.41, 5.74) is 1.98. The van der Waals surface area contributed by atoms with Crippen LogP contribution in [0.5, 0.6) is 0 Å². The van der Waals surface area contributed by atoms with E-state index >= 15 is 0 Å². The molecule has 0 bridgehead atoms. The third-order valence-corrected chi connectivity index (χ3v) is 5.68. The molecule has 2 atom stereocenters. The molecule has 2 fully saturated rings. The second kappa shape index (κ2) is 8.92. The molecule has 8 heteroatoms.